The molecule has 15 aromatic rings. The molecule has 0 radical (unpaired) electrons. The molecule has 0 amide bonds. The quantitative estimate of drug-likeness (QED) is 0.163. The van der Waals surface area contributed by atoms with E-state index in [1.54, 1.807) is 0 Å². The first-order chi connectivity index (χ1) is 33.7. The highest BCUT2D eigenvalue weighted by Crippen LogP contribution is 2.44. The molecule has 0 aliphatic carbocycles. The van der Waals surface area contributed by atoms with Gasteiger partial charge in [-0.15, -0.1) is 22.7 Å². The van der Waals surface area contributed by atoms with E-state index in [2.05, 4.69) is 240 Å². The molecule has 0 bridgehead atoms. The first-order valence-electron chi connectivity index (χ1n) is 23.2. The second-order valence-corrected chi connectivity index (χ2v) is 20.2. The molecular formula is C64H38N2S2. The van der Waals surface area contributed by atoms with Crippen LogP contribution in [-0.4, -0.2) is 9.13 Å². The number of hydrogen-bond donors (Lipinski definition) is 0. The van der Waals surface area contributed by atoms with Crippen LogP contribution in [0.4, 0.5) is 0 Å². The molecule has 0 N–H and O–H groups in total. The average molecular weight is 899 g/mol. The minimum Gasteiger partial charge on any atom is -0.309 e. The summed E-state index contributed by atoms with van der Waals surface area (Å²) in [5.74, 6) is 0. The minimum absolute atomic E-state index is 1.15. The van der Waals surface area contributed by atoms with Gasteiger partial charge in [0.25, 0.3) is 0 Å². The molecule has 2 nitrogen and oxygen atoms in total. The number of nitrogens with zero attached hydrogens (tertiary/aromatic N) is 2. The molecule has 0 saturated carbocycles. The number of fused-ring (bicyclic) bond motifs is 14. The van der Waals surface area contributed by atoms with E-state index in [0.29, 0.717) is 0 Å². The summed E-state index contributed by atoms with van der Waals surface area (Å²) in [5.41, 5.74) is 14.5. The maximum absolute atomic E-state index is 2.46. The molecule has 15 rings (SSSR count). The van der Waals surface area contributed by atoms with Crippen LogP contribution in [0, 0.1) is 0 Å². The molecule has 0 unspecified atom stereocenters. The van der Waals surface area contributed by atoms with Crippen molar-refractivity contribution in [1.29, 1.82) is 0 Å². The van der Waals surface area contributed by atoms with Gasteiger partial charge in [0.2, 0.25) is 0 Å². The van der Waals surface area contributed by atoms with E-state index < -0.39 is 0 Å². The summed E-state index contributed by atoms with van der Waals surface area (Å²) < 4.78 is 10.2. The summed E-state index contributed by atoms with van der Waals surface area (Å²) in [4.78, 5) is 0. The molecule has 0 aliphatic heterocycles. The van der Waals surface area contributed by atoms with E-state index >= 15 is 0 Å². The van der Waals surface area contributed by atoms with Crippen molar-refractivity contribution in [3.8, 4) is 44.8 Å². The molecule has 68 heavy (non-hydrogen) atoms. The number of thiophene rings is 2. The fraction of sp³-hybridized carbons (Fsp3) is 0. The number of rotatable bonds is 5. The Labute approximate surface area is 399 Å². The number of hydrogen-bond acceptors (Lipinski definition) is 2. The second kappa shape index (κ2) is 14.6. The van der Waals surface area contributed by atoms with Gasteiger partial charge in [-0.25, -0.2) is 0 Å². The monoisotopic (exact) mass is 898 g/mol. The summed E-state index contributed by atoms with van der Waals surface area (Å²) in [7, 11) is 0. The van der Waals surface area contributed by atoms with E-state index in [0.717, 1.165) is 5.69 Å². The Morgan fingerprint density at radius 2 is 0.794 bits per heavy atom. The average Bonchev–Trinajstić information content (AvgIpc) is 4.16. The minimum atomic E-state index is 1.15. The zero-order valence-electron chi connectivity index (χ0n) is 36.7. The second-order valence-electron chi connectivity index (χ2n) is 18.0. The standard InChI is InChI=1S/C64H38N2S2/c1-2-11-39(12-3-1)42-24-30-56-52(35-42)53-36-43(25-31-57(53)66(56)46-29-34-62-54(38-46)50-16-7-8-19-60(50)67-62)44-26-32-58-55(37-44)63-47-14-5-4-13-40(47)23-33-59(63)65(58)45-27-21-41(22-28-45)48-17-10-18-51-49-15-6-9-20-61(49)68-64(48)51/h1-38H. The van der Waals surface area contributed by atoms with Crippen molar-refractivity contribution < 1.29 is 0 Å². The molecule has 4 aromatic heterocycles. The van der Waals surface area contributed by atoms with E-state index in [9.17, 15) is 0 Å². The molecule has 0 saturated heterocycles. The van der Waals surface area contributed by atoms with Crippen molar-refractivity contribution >= 4 is 117 Å². The molecule has 4 heterocycles. The van der Waals surface area contributed by atoms with Gasteiger partial charge in [-0.2, -0.15) is 0 Å². The maximum Gasteiger partial charge on any atom is 0.0547 e. The van der Waals surface area contributed by atoms with E-state index in [1.807, 2.05) is 22.7 Å². The third-order valence-corrected chi connectivity index (χ3v) is 16.7. The SMILES string of the molecule is c1ccc(-c2ccc3c(c2)c2cc(-c4ccc5c(c4)c4c6ccccc6ccc4n5-c4ccc(-c5cccc6c5sc5ccccc56)cc4)ccc2n3-c2ccc3sc4ccccc4c3c2)cc1. The lowest BCUT2D eigenvalue weighted by molar-refractivity contribution is 1.18. The third-order valence-electron chi connectivity index (χ3n) is 14.3. The van der Waals surface area contributed by atoms with Crippen LogP contribution in [0.5, 0.6) is 0 Å². The van der Waals surface area contributed by atoms with Crippen LogP contribution in [0.15, 0.2) is 231 Å². The number of aromatic nitrogens is 2. The van der Waals surface area contributed by atoms with Crippen molar-refractivity contribution in [1.82, 2.24) is 9.13 Å². The van der Waals surface area contributed by atoms with Gasteiger partial charge in [0.15, 0.2) is 0 Å². The highest BCUT2D eigenvalue weighted by atomic mass is 32.1. The van der Waals surface area contributed by atoms with Gasteiger partial charge in [-0.3, -0.25) is 0 Å². The van der Waals surface area contributed by atoms with Crippen molar-refractivity contribution in [3.63, 3.8) is 0 Å². The van der Waals surface area contributed by atoms with E-state index in [1.165, 1.54) is 134 Å². The van der Waals surface area contributed by atoms with Crippen LogP contribution in [-0.2, 0) is 0 Å². The zero-order chi connectivity index (χ0) is 44.5. The van der Waals surface area contributed by atoms with Gasteiger partial charge in [-0.1, -0.05) is 146 Å². The predicted octanol–water partition coefficient (Wildman–Crippen LogP) is 18.8. The summed E-state index contributed by atoms with van der Waals surface area (Å²) in [6.07, 6.45) is 0. The van der Waals surface area contributed by atoms with Crippen LogP contribution in [0.2, 0.25) is 0 Å². The Morgan fingerprint density at radius 1 is 0.265 bits per heavy atom. The number of benzene rings is 11. The fourth-order valence-electron chi connectivity index (χ4n) is 11.2. The van der Waals surface area contributed by atoms with Crippen LogP contribution < -0.4 is 0 Å². The summed E-state index contributed by atoms with van der Waals surface area (Å²) in [6, 6.07) is 85.8. The summed E-state index contributed by atoms with van der Waals surface area (Å²) in [6.45, 7) is 0. The van der Waals surface area contributed by atoms with E-state index in [-0.39, 0.29) is 0 Å². The first kappa shape index (κ1) is 37.9. The van der Waals surface area contributed by atoms with Crippen LogP contribution in [0.1, 0.15) is 0 Å². The lowest BCUT2D eigenvalue weighted by atomic mass is 9.98. The van der Waals surface area contributed by atoms with Gasteiger partial charge in [-0.05, 0) is 129 Å². The van der Waals surface area contributed by atoms with Crippen LogP contribution >= 0.6 is 22.7 Å². The normalized spacial score (nSPS) is 12.1. The van der Waals surface area contributed by atoms with Gasteiger partial charge >= 0.3 is 0 Å². The Hall–Kier alpha value is -8.28. The van der Waals surface area contributed by atoms with Gasteiger partial charge in [0.1, 0.15) is 0 Å². The van der Waals surface area contributed by atoms with Crippen molar-refractivity contribution in [2.75, 3.05) is 0 Å². The zero-order valence-corrected chi connectivity index (χ0v) is 38.3. The lowest BCUT2D eigenvalue weighted by Crippen LogP contribution is -1.94. The largest absolute Gasteiger partial charge is 0.309 e. The molecule has 0 atom stereocenters. The lowest BCUT2D eigenvalue weighted by Gasteiger charge is -2.11. The van der Waals surface area contributed by atoms with Crippen LogP contribution in [0.25, 0.3) is 139 Å². The van der Waals surface area contributed by atoms with Crippen LogP contribution in [0.3, 0.4) is 0 Å². The molecule has 0 spiro atoms. The molecule has 11 aromatic carbocycles. The van der Waals surface area contributed by atoms with Gasteiger partial charge in [0, 0.05) is 73.3 Å². The van der Waals surface area contributed by atoms with Gasteiger partial charge < -0.3 is 9.13 Å². The van der Waals surface area contributed by atoms with Gasteiger partial charge in [0.05, 0.1) is 22.1 Å². The molecule has 0 fully saturated rings. The smallest absolute Gasteiger partial charge is 0.0547 e. The molecule has 4 heteroatoms. The predicted molar refractivity (Wildman–Crippen MR) is 295 cm³/mol. The first-order valence-corrected chi connectivity index (χ1v) is 24.9. The highest BCUT2D eigenvalue weighted by Gasteiger charge is 2.20. The van der Waals surface area contributed by atoms with Crippen molar-refractivity contribution in [2.24, 2.45) is 0 Å². The Kier molecular flexibility index (Phi) is 8.14. The fourth-order valence-corrected chi connectivity index (χ4v) is 13.5. The molecule has 316 valence electrons. The topological polar surface area (TPSA) is 9.86 Å². The van der Waals surface area contributed by atoms with Crippen molar-refractivity contribution in [2.45, 2.75) is 0 Å². The molecular weight excluding hydrogens is 861 g/mol. The Bertz CT molecular complexity index is 4540. The van der Waals surface area contributed by atoms with E-state index in [4.69, 9.17) is 0 Å². The summed E-state index contributed by atoms with van der Waals surface area (Å²) >= 11 is 3.75. The summed E-state index contributed by atoms with van der Waals surface area (Å²) in [5, 5.41) is 12.8. The highest BCUT2D eigenvalue weighted by molar-refractivity contribution is 7.26. The molecule has 0 aliphatic rings. The third kappa shape index (κ3) is 5.62. The van der Waals surface area contributed by atoms with Crippen molar-refractivity contribution in [3.05, 3.63) is 231 Å². The Morgan fingerprint density at radius 3 is 1.54 bits per heavy atom. The Balaban J connectivity index is 0.909. The maximum atomic E-state index is 2.46.